The first-order valence-corrected chi connectivity index (χ1v) is 8.87. The Morgan fingerprint density at radius 2 is 1.70 bits per heavy atom. The first-order chi connectivity index (χ1) is 11.0. The Kier molecular flexibility index (Phi) is 5.96. The summed E-state index contributed by atoms with van der Waals surface area (Å²) in [6.45, 7) is 2.55. The Bertz CT molecular complexity index is 755. The number of benzene rings is 2. The van der Waals surface area contributed by atoms with Crippen molar-refractivity contribution in [3.8, 4) is 5.75 Å². The van der Waals surface area contributed by atoms with Gasteiger partial charge in [0.1, 0.15) is 12.4 Å². The normalized spacial score (nSPS) is 12.0. The number of para-hydroxylation sites is 1. The molecule has 23 heavy (non-hydrogen) atoms. The second kappa shape index (κ2) is 7.94. The second-order valence-corrected chi connectivity index (χ2v) is 7.12. The first kappa shape index (κ1) is 17.2. The third-order valence-electron chi connectivity index (χ3n) is 3.42. The van der Waals surface area contributed by atoms with Crippen molar-refractivity contribution in [3.05, 3.63) is 71.1 Å². The maximum absolute atomic E-state index is 12.2. The topological polar surface area (TPSA) is 46.6 Å². The summed E-state index contributed by atoms with van der Waals surface area (Å²) in [6.07, 6.45) is 1.59. The van der Waals surface area contributed by atoms with Gasteiger partial charge in [0.15, 0.2) is 0 Å². The molecule has 0 unspecified atom stereocenters. The average Bonchev–Trinajstić information content (AvgIpc) is 2.55. The van der Waals surface area contributed by atoms with Crippen LogP contribution in [0.3, 0.4) is 0 Å². The van der Waals surface area contributed by atoms with Crippen LogP contribution in [0, 0.1) is 6.92 Å². The zero-order chi connectivity index (χ0) is 16.7. The highest BCUT2D eigenvalue weighted by molar-refractivity contribution is 7.92. The minimum atomic E-state index is -3.45. The lowest BCUT2D eigenvalue weighted by molar-refractivity contribution is 0.286. The molecule has 5 heteroatoms. The van der Waals surface area contributed by atoms with Crippen molar-refractivity contribution < 1.29 is 13.2 Å². The van der Waals surface area contributed by atoms with Crippen LogP contribution in [0.5, 0.6) is 5.75 Å². The molecule has 0 N–H and O–H groups in total. The van der Waals surface area contributed by atoms with Crippen LogP contribution in [-0.4, -0.2) is 32.9 Å². The summed E-state index contributed by atoms with van der Waals surface area (Å²) >= 11 is 0. The van der Waals surface area contributed by atoms with Crippen LogP contribution in [0.25, 0.3) is 6.08 Å². The van der Waals surface area contributed by atoms with Gasteiger partial charge in [-0.05, 0) is 30.2 Å². The number of ether oxygens (including phenoxy) is 1. The third kappa shape index (κ3) is 5.23. The van der Waals surface area contributed by atoms with E-state index in [4.69, 9.17) is 4.74 Å². The van der Waals surface area contributed by atoms with Crippen LogP contribution in [0.1, 0.15) is 11.1 Å². The van der Waals surface area contributed by atoms with Crippen molar-refractivity contribution in [3.63, 3.8) is 0 Å². The van der Waals surface area contributed by atoms with E-state index < -0.39 is 10.0 Å². The zero-order valence-electron chi connectivity index (χ0n) is 13.3. The lowest BCUT2D eigenvalue weighted by atomic mass is 10.2. The Hall–Kier alpha value is -2.11. The van der Waals surface area contributed by atoms with Crippen molar-refractivity contribution in [2.75, 3.05) is 20.2 Å². The predicted octanol–water partition coefficient (Wildman–Crippen LogP) is 3.31. The molecular formula is C18H21NO3S. The van der Waals surface area contributed by atoms with E-state index in [1.54, 1.807) is 13.1 Å². The number of hydrogen-bond acceptors (Lipinski definition) is 3. The molecule has 0 saturated carbocycles. The smallest absolute Gasteiger partial charge is 0.236 e. The van der Waals surface area contributed by atoms with E-state index in [1.807, 2.05) is 61.5 Å². The summed E-state index contributed by atoms with van der Waals surface area (Å²) in [6, 6.07) is 17.0. The molecule has 0 atom stereocenters. The minimum absolute atomic E-state index is 0.287. The number of hydrogen-bond donors (Lipinski definition) is 0. The summed E-state index contributed by atoms with van der Waals surface area (Å²) in [7, 11) is -1.90. The van der Waals surface area contributed by atoms with Crippen LogP contribution < -0.4 is 4.74 Å². The van der Waals surface area contributed by atoms with Crippen molar-refractivity contribution >= 4 is 16.1 Å². The van der Waals surface area contributed by atoms with Gasteiger partial charge in [-0.2, -0.15) is 4.31 Å². The molecule has 0 aliphatic carbocycles. The highest BCUT2D eigenvalue weighted by Gasteiger charge is 2.14. The highest BCUT2D eigenvalue weighted by Crippen LogP contribution is 2.16. The van der Waals surface area contributed by atoms with Crippen molar-refractivity contribution in [2.24, 2.45) is 0 Å². The van der Waals surface area contributed by atoms with Crippen LogP contribution >= 0.6 is 0 Å². The molecule has 0 bridgehead atoms. The third-order valence-corrected chi connectivity index (χ3v) is 4.96. The fraction of sp³-hybridized carbons (Fsp3) is 0.222. The van der Waals surface area contributed by atoms with E-state index in [1.165, 1.54) is 9.71 Å². The summed E-state index contributed by atoms with van der Waals surface area (Å²) in [5, 5.41) is 1.22. The van der Waals surface area contributed by atoms with E-state index in [2.05, 4.69) is 0 Å². The second-order valence-electron chi connectivity index (χ2n) is 5.19. The standard InChI is InChI=1S/C18H21NO3S/c1-16-8-6-7-11-18(16)22-14-13-19(2)23(20,21)15-12-17-9-4-3-5-10-17/h3-12,15H,13-14H2,1-2H3/b15-12+. The van der Waals surface area contributed by atoms with E-state index >= 15 is 0 Å². The molecule has 0 fully saturated rings. The van der Waals surface area contributed by atoms with Crippen LogP contribution in [0.4, 0.5) is 0 Å². The van der Waals surface area contributed by atoms with Crippen LogP contribution in [0.15, 0.2) is 60.0 Å². The lowest BCUT2D eigenvalue weighted by Crippen LogP contribution is -2.29. The zero-order valence-corrected chi connectivity index (χ0v) is 14.2. The average molecular weight is 331 g/mol. The van der Waals surface area contributed by atoms with Gasteiger partial charge in [0.25, 0.3) is 0 Å². The quantitative estimate of drug-likeness (QED) is 0.782. The number of nitrogens with zero attached hydrogens (tertiary/aromatic N) is 1. The molecule has 0 aromatic heterocycles. The summed E-state index contributed by atoms with van der Waals surface area (Å²) in [4.78, 5) is 0. The fourth-order valence-corrected chi connectivity index (χ4v) is 2.83. The predicted molar refractivity (Wildman–Crippen MR) is 93.7 cm³/mol. The van der Waals surface area contributed by atoms with Gasteiger partial charge in [0.05, 0.1) is 0 Å². The van der Waals surface area contributed by atoms with Crippen molar-refractivity contribution in [1.82, 2.24) is 4.31 Å². The van der Waals surface area contributed by atoms with Gasteiger partial charge < -0.3 is 4.74 Å². The van der Waals surface area contributed by atoms with Crippen LogP contribution in [-0.2, 0) is 10.0 Å². The Morgan fingerprint density at radius 1 is 1.04 bits per heavy atom. The summed E-state index contributed by atoms with van der Waals surface area (Å²) in [5.74, 6) is 0.776. The maximum atomic E-state index is 12.2. The summed E-state index contributed by atoms with van der Waals surface area (Å²) < 4.78 is 31.3. The molecule has 4 nitrogen and oxygen atoms in total. The molecule has 0 aliphatic rings. The van der Waals surface area contributed by atoms with E-state index in [0.717, 1.165) is 16.9 Å². The fourth-order valence-electron chi connectivity index (χ4n) is 1.96. The maximum Gasteiger partial charge on any atom is 0.236 e. The Morgan fingerprint density at radius 3 is 2.39 bits per heavy atom. The molecule has 2 rings (SSSR count). The Labute approximate surface area is 138 Å². The SMILES string of the molecule is Cc1ccccc1OCCN(C)S(=O)(=O)/C=C/c1ccccc1. The number of rotatable bonds is 7. The van der Waals surface area contributed by atoms with Gasteiger partial charge in [0.2, 0.25) is 10.0 Å². The Balaban J connectivity index is 1.90. The van der Waals surface area contributed by atoms with Gasteiger partial charge in [0, 0.05) is 19.0 Å². The molecule has 0 heterocycles. The minimum Gasteiger partial charge on any atom is -0.492 e. The molecule has 0 radical (unpaired) electrons. The van der Waals surface area contributed by atoms with E-state index in [0.29, 0.717) is 6.61 Å². The number of likely N-dealkylation sites (N-methyl/N-ethyl adjacent to an activating group) is 1. The molecule has 0 saturated heterocycles. The molecule has 2 aromatic rings. The number of sulfonamides is 1. The largest absolute Gasteiger partial charge is 0.492 e. The highest BCUT2D eigenvalue weighted by atomic mass is 32.2. The van der Waals surface area contributed by atoms with Crippen molar-refractivity contribution in [2.45, 2.75) is 6.92 Å². The molecule has 2 aromatic carbocycles. The molecule has 0 amide bonds. The van der Waals surface area contributed by atoms with Crippen molar-refractivity contribution in [1.29, 1.82) is 0 Å². The molecular weight excluding hydrogens is 310 g/mol. The number of aryl methyl sites for hydroxylation is 1. The lowest BCUT2D eigenvalue weighted by Gasteiger charge is -2.15. The molecule has 122 valence electrons. The molecule has 0 spiro atoms. The van der Waals surface area contributed by atoms with Gasteiger partial charge >= 0.3 is 0 Å². The summed E-state index contributed by atoms with van der Waals surface area (Å²) in [5.41, 5.74) is 1.88. The first-order valence-electron chi connectivity index (χ1n) is 7.37. The van der Waals surface area contributed by atoms with Gasteiger partial charge in [-0.3, -0.25) is 0 Å². The molecule has 0 aliphatic heterocycles. The van der Waals surface area contributed by atoms with Gasteiger partial charge in [-0.15, -0.1) is 0 Å². The van der Waals surface area contributed by atoms with Gasteiger partial charge in [-0.1, -0.05) is 48.5 Å². The van der Waals surface area contributed by atoms with E-state index in [9.17, 15) is 8.42 Å². The van der Waals surface area contributed by atoms with Crippen LogP contribution in [0.2, 0.25) is 0 Å². The van der Waals surface area contributed by atoms with E-state index in [-0.39, 0.29) is 6.54 Å². The monoisotopic (exact) mass is 331 g/mol. The van der Waals surface area contributed by atoms with Gasteiger partial charge in [-0.25, -0.2) is 8.42 Å².